The van der Waals surface area contributed by atoms with Crippen LogP contribution in [-0.2, 0) is 4.74 Å². The molecule has 5 nitrogen and oxygen atoms in total. The van der Waals surface area contributed by atoms with Gasteiger partial charge in [-0.1, -0.05) is 0 Å². The second-order valence-corrected chi connectivity index (χ2v) is 4.81. The van der Waals surface area contributed by atoms with E-state index in [9.17, 15) is 4.79 Å². The molecule has 0 radical (unpaired) electrons. The van der Waals surface area contributed by atoms with Gasteiger partial charge in [0.2, 0.25) is 0 Å². The number of hydrogen-bond donors (Lipinski definition) is 2. The molecule has 1 saturated heterocycles. The first-order chi connectivity index (χ1) is 8.52. The van der Waals surface area contributed by atoms with E-state index >= 15 is 0 Å². The fourth-order valence-corrected chi connectivity index (χ4v) is 1.98. The Hall–Kier alpha value is -1.75. The molecule has 5 heteroatoms. The van der Waals surface area contributed by atoms with Crippen molar-refractivity contribution in [2.45, 2.75) is 18.9 Å². The zero-order valence-electron chi connectivity index (χ0n) is 10.7. The number of benzene rings is 1. The highest BCUT2D eigenvalue weighted by molar-refractivity contribution is 5.96. The molecule has 98 valence electrons. The van der Waals surface area contributed by atoms with E-state index in [1.165, 1.54) is 0 Å². The summed E-state index contributed by atoms with van der Waals surface area (Å²) in [6, 6.07) is 4.99. The van der Waals surface area contributed by atoms with Crippen molar-refractivity contribution in [1.29, 1.82) is 0 Å². The zero-order valence-corrected chi connectivity index (χ0v) is 10.7. The lowest BCUT2D eigenvalue weighted by Crippen LogP contribution is -2.46. The van der Waals surface area contributed by atoms with Crippen LogP contribution in [0.1, 0.15) is 23.7 Å². The highest BCUT2D eigenvalue weighted by Gasteiger charge is 2.31. The summed E-state index contributed by atoms with van der Waals surface area (Å²) in [7, 11) is 1.54. The maximum atomic E-state index is 12.1. The monoisotopic (exact) mass is 250 g/mol. The van der Waals surface area contributed by atoms with Crippen molar-refractivity contribution in [1.82, 2.24) is 5.32 Å². The first-order valence-electron chi connectivity index (χ1n) is 5.87. The van der Waals surface area contributed by atoms with Gasteiger partial charge >= 0.3 is 0 Å². The third-order valence-corrected chi connectivity index (χ3v) is 3.06. The molecule has 0 bridgehead atoms. The van der Waals surface area contributed by atoms with E-state index in [2.05, 4.69) is 5.32 Å². The van der Waals surface area contributed by atoms with Crippen LogP contribution in [0.2, 0.25) is 0 Å². The number of ether oxygens (including phenoxy) is 2. The van der Waals surface area contributed by atoms with Gasteiger partial charge in [0, 0.05) is 23.9 Å². The Morgan fingerprint density at radius 3 is 2.89 bits per heavy atom. The molecule has 0 spiro atoms. The summed E-state index contributed by atoms with van der Waals surface area (Å²) < 4.78 is 10.4. The van der Waals surface area contributed by atoms with Crippen molar-refractivity contribution in [3.8, 4) is 5.75 Å². The van der Waals surface area contributed by atoms with E-state index in [0.29, 0.717) is 30.2 Å². The van der Waals surface area contributed by atoms with E-state index in [1.807, 2.05) is 6.92 Å². The summed E-state index contributed by atoms with van der Waals surface area (Å²) in [4.78, 5) is 12.1. The maximum absolute atomic E-state index is 12.1. The lowest BCUT2D eigenvalue weighted by Gasteiger charge is -2.23. The summed E-state index contributed by atoms with van der Waals surface area (Å²) >= 11 is 0. The highest BCUT2D eigenvalue weighted by Crippen LogP contribution is 2.21. The van der Waals surface area contributed by atoms with Crippen molar-refractivity contribution in [3.05, 3.63) is 23.8 Å². The normalized spacial score (nSPS) is 22.8. The predicted molar refractivity (Wildman–Crippen MR) is 68.7 cm³/mol. The minimum Gasteiger partial charge on any atom is -0.497 e. The van der Waals surface area contributed by atoms with Gasteiger partial charge in [-0.3, -0.25) is 4.79 Å². The van der Waals surface area contributed by atoms with Gasteiger partial charge in [0.15, 0.2) is 0 Å². The Morgan fingerprint density at radius 1 is 1.50 bits per heavy atom. The average molecular weight is 250 g/mol. The van der Waals surface area contributed by atoms with Crippen LogP contribution in [-0.4, -0.2) is 31.8 Å². The Labute approximate surface area is 106 Å². The van der Waals surface area contributed by atoms with Crippen molar-refractivity contribution >= 4 is 11.6 Å². The number of carbonyl (C=O) groups is 1. The third-order valence-electron chi connectivity index (χ3n) is 3.06. The standard InChI is InChI=1S/C13H18N2O3/c1-13(3-4-18-8-13)15-12(16)9-5-10(14)7-11(6-9)17-2/h5-7H,3-4,8,14H2,1-2H3,(H,15,16). The van der Waals surface area contributed by atoms with Crippen molar-refractivity contribution < 1.29 is 14.3 Å². The van der Waals surface area contributed by atoms with Crippen LogP contribution in [0, 0.1) is 0 Å². The number of methoxy groups -OCH3 is 1. The molecule has 18 heavy (non-hydrogen) atoms. The molecule has 1 heterocycles. The van der Waals surface area contributed by atoms with E-state index in [4.69, 9.17) is 15.2 Å². The molecule has 0 saturated carbocycles. The van der Waals surface area contributed by atoms with Crippen molar-refractivity contribution in [2.24, 2.45) is 0 Å². The van der Waals surface area contributed by atoms with Crippen LogP contribution in [0.15, 0.2) is 18.2 Å². The van der Waals surface area contributed by atoms with E-state index in [-0.39, 0.29) is 11.4 Å². The minimum atomic E-state index is -0.297. The molecule has 1 atom stereocenters. The second kappa shape index (κ2) is 4.86. The average Bonchev–Trinajstić information content (AvgIpc) is 2.74. The predicted octanol–water partition coefficient (Wildman–Crippen LogP) is 1.19. The molecular formula is C13H18N2O3. The number of nitrogen functional groups attached to an aromatic ring is 1. The summed E-state index contributed by atoms with van der Waals surface area (Å²) in [6.45, 7) is 3.19. The van der Waals surface area contributed by atoms with Crippen molar-refractivity contribution in [2.75, 3.05) is 26.1 Å². The SMILES string of the molecule is COc1cc(N)cc(C(=O)NC2(C)CCOC2)c1. The van der Waals surface area contributed by atoms with Crippen LogP contribution < -0.4 is 15.8 Å². The Kier molecular flexibility index (Phi) is 3.43. The molecule has 1 aromatic rings. The number of rotatable bonds is 3. The third kappa shape index (κ3) is 2.73. The summed E-state index contributed by atoms with van der Waals surface area (Å²) in [5.41, 5.74) is 6.44. The molecule has 3 N–H and O–H groups in total. The van der Waals surface area contributed by atoms with Crippen LogP contribution in [0.4, 0.5) is 5.69 Å². The number of amides is 1. The van der Waals surface area contributed by atoms with Crippen LogP contribution in [0.3, 0.4) is 0 Å². The maximum Gasteiger partial charge on any atom is 0.251 e. The lowest BCUT2D eigenvalue weighted by molar-refractivity contribution is 0.0889. The van der Waals surface area contributed by atoms with Crippen LogP contribution in [0.5, 0.6) is 5.75 Å². The number of hydrogen-bond acceptors (Lipinski definition) is 4. The summed E-state index contributed by atoms with van der Waals surface area (Å²) in [5.74, 6) is 0.418. The minimum absolute atomic E-state index is 0.159. The number of nitrogens with two attached hydrogens (primary N) is 1. The molecule has 0 aromatic heterocycles. The van der Waals surface area contributed by atoms with E-state index in [1.54, 1.807) is 25.3 Å². The summed E-state index contributed by atoms with van der Waals surface area (Å²) in [6.07, 6.45) is 0.818. The molecule has 1 aliphatic rings. The van der Waals surface area contributed by atoms with Gasteiger partial charge in [-0.05, 0) is 25.5 Å². The van der Waals surface area contributed by atoms with Gasteiger partial charge in [-0.2, -0.15) is 0 Å². The van der Waals surface area contributed by atoms with E-state index < -0.39 is 0 Å². The van der Waals surface area contributed by atoms with E-state index in [0.717, 1.165) is 6.42 Å². The van der Waals surface area contributed by atoms with Gasteiger partial charge in [-0.15, -0.1) is 0 Å². The lowest BCUT2D eigenvalue weighted by atomic mass is 10.0. The number of nitrogens with one attached hydrogen (secondary N) is 1. The Morgan fingerprint density at radius 2 is 2.28 bits per heavy atom. The quantitative estimate of drug-likeness (QED) is 0.790. The van der Waals surface area contributed by atoms with Gasteiger partial charge in [0.1, 0.15) is 5.75 Å². The Balaban J connectivity index is 2.15. The van der Waals surface area contributed by atoms with Gasteiger partial charge < -0.3 is 20.5 Å². The fraction of sp³-hybridized carbons (Fsp3) is 0.462. The van der Waals surface area contributed by atoms with Gasteiger partial charge in [0.25, 0.3) is 5.91 Å². The smallest absolute Gasteiger partial charge is 0.251 e. The zero-order chi connectivity index (χ0) is 13.2. The molecule has 1 aliphatic heterocycles. The van der Waals surface area contributed by atoms with Crippen LogP contribution >= 0.6 is 0 Å². The van der Waals surface area contributed by atoms with Crippen molar-refractivity contribution in [3.63, 3.8) is 0 Å². The Bertz CT molecular complexity index is 454. The first kappa shape index (κ1) is 12.7. The van der Waals surface area contributed by atoms with Gasteiger partial charge in [-0.25, -0.2) is 0 Å². The largest absolute Gasteiger partial charge is 0.497 e. The molecule has 2 rings (SSSR count). The number of carbonyl (C=O) groups excluding carboxylic acids is 1. The topological polar surface area (TPSA) is 73.6 Å². The summed E-state index contributed by atoms with van der Waals surface area (Å²) in [5, 5.41) is 2.98. The molecule has 1 amide bonds. The fourth-order valence-electron chi connectivity index (χ4n) is 1.98. The molecular weight excluding hydrogens is 232 g/mol. The van der Waals surface area contributed by atoms with Gasteiger partial charge in [0.05, 0.1) is 19.3 Å². The molecule has 0 aliphatic carbocycles. The molecule has 1 aromatic carbocycles. The van der Waals surface area contributed by atoms with Crippen LogP contribution in [0.25, 0.3) is 0 Å². The highest BCUT2D eigenvalue weighted by atomic mass is 16.5. The number of anilines is 1. The first-order valence-corrected chi connectivity index (χ1v) is 5.87. The molecule has 1 unspecified atom stereocenters. The molecule has 1 fully saturated rings. The second-order valence-electron chi connectivity index (χ2n) is 4.81.